The molecule has 1 atom stereocenters. The Morgan fingerprint density at radius 1 is 1.23 bits per heavy atom. The van der Waals surface area contributed by atoms with Gasteiger partial charge in [0.25, 0.3) is 0 Å². The molecule has 2 aromatic rings. The number of aryl methyl sites for hydroxylation is 1. The SMILES string of the molecule is CCNC(=NCc1ccnn1C)NCC(c1c(F)cccc1F)N(C)C. The van der Waals surface area contributed by atoms with Gasteiger partial charge in [-0.05, 0) is 39.2 Å². The van der Waals surface area contributed by atoms with E-state index in [4.69, 9.17) is 0 Å². The molecule has 0 saturated carbocycles. The molecule has 0 aliphatic carbocycles. The molecule has 1 aromatic heterocycles. The first kappa shape index (κ1) is 19.8. The van der Waals surface area contributed by atoms with E-state index in [9.17, 15) is 8.78 Å². The highest BCUT2D eigenvalue weighted by molar-refractivity contribution is 5.79. The van der Waals surface area contributed by atoms with Gasteiger partial charge < -0.3 is 15.5 Å². The third kappa shape index (κ3) is 5.01. The molecule has 0 amide bonds. The van der Waals surface area contributed by atoms with Crippen molar-refractivity contribution < 1.29 is 8.78 Å². The van der Waals surface area contributed by atoms with Crippen molar-refractivity contribution in [3.8, 4) is 0 Å². The summed E-state index contributed by atoms with van der Waals surface area (Å²) in [6.45, 7) is 3.40. The summed E-state index contributed by atoms with van der Waals surface area (Å²) in [7, 11) is 5.43. The lowest BCUT2D eigenvalue weighted by molar-refractivity contribution is 0.282. The number of nitrogens with zero attached hydrogens (tertiary/aromatic N) is 4. The van der Waals surface area contributed by atoms with Crippen molar-refractivity contribution in [1.29, 1.82) is 0 Å². The molecule has 8 heteroatoms. The smallest absolute Gasteiger partial charge is 0.191 e. The molecule has 1 aromatic carbocycles. The van der Waals surface area contributed by atoms with Crippen molar-refractivity contribution in [2.24, 2.45) is 12.0 Å². The Balaban J connectivity index is 2.13. The van der Waals surface area contributed by atoms with Gasteiger partial charge in [0.05, 0.1) is 18.3 Å². The number of halogens is 2. The first-order valence-corrected chi connectivity index (χ1v) is 8.53. The lowest BCUT2D eigenvalue weighted by atomic mass is 10.0. The zero-order chi connectivity index (χ0) is 19.1. The summed E-state index contributed by atoms with van der Waals surface area (Å²) >= 11 is 0. The highest BCUT2D eigenvalue weighted by Gasteiger charge is 2.22. The molecule has 0 fully saturated rings. The van der Waals surface area contributed by atoms with Crippen molar-refractivity contribution in [2.45, 2.75) is 19.5 Å². The van der Waals surface area contributed by atoms with Crippen LogP contribution in [-0.2, 0) is 13.6 Å². The predicted molar refractivity (Wildman–Crippen MR) is 98.8 cm³/mol. The van der Waals surface area contributed by atoms with Gasteiger partial charge in [-0.25, -0.2) is 13.8 Å². The second-order valence-corrected chi connectivity index (χ2v) is 6.14. The molecular weight excluding hydrogens is 338 g/mol. The van der Waals surface area contributed by atoms with E-state index >= 15 is 0 Å². The van der Waals surface area contributed by atoms with Crippen LogP contribution in [0.15, 0.2) is 35.5 Å². The number of aromatic nitrogens is 2. The van der Waals surface area contributed by atoms with Gasteiger partial charge >= 0.3 is 0 Å². The maximum absolute atomic E-state index is 14.2. The zero-order valence-electron chi connectivity index (χ0n) is 15.6. The minimum Gasteiger partial charge on any atom is -0.357 e. The highest BCUT2D eigenvalue weighted by atomic mass is 19.1. The molecule has 0 aliphatic rings. The summed E-state index contributed by atoms with van der Waals surface area (Å²) in [5.74, 6) is -0.526. The Kier molecular flexibility index (Phi) is 7.08. The maximum Gasteiger partial charge on any atom is 0.191 e. The summed E-state index contributed by atoms with van der Waals surface area (Å²) in [6, 6.07) is 5.34. The molecule has 6 nitrogen and oxygen atoms in total. The molecule has 0 bridgehead atoms. The Hall–Kier alpha value is -2.48. The van der Waals surface area contributed by atoms with Crippen LogP contribution in [0.4, 0.5) is 8.78 Å². The lowest BCUT2D eigenvalue weighted by Gasteiger charge is -2.26. The normalized spacial score (nSPS) is 13.1. The van der Waals surface area contributed by atoms with Gasteiger partial charge in [-0.1, -0.05) is 6.07 Å². The largest absolute Gasteiger partial charge is 0.357 e. The topological polar surface area (TPSA) is 57.5 Å². The molecule has 142 valence electrons. The molecule has 0 radical (unpaired) electrons. The summed E-state index contributed by atoms with van der Waals surface area (Å²) in [5, 5.41) is 10.4. The van der Waals surface area contributed by atoms with Crippen LogP contribution in [0.5, 0.6) is 0 Å². The second kappa shape index (κ2) is 9.28. The Morgan fingerprint density at radius 3 is 2.46 bits per heavy atom. The van der Waals surface area contributed by atoms with E-state index in [0.717, 1.165) is 5.69 Å². The third-order valence-corrected chi connectivity index (χ3v) is 4.08. The summed E-state index contributed by atoms with van der Waals surface area (Å²) in [6.07, 6.45) is 1.72. The van der Waals surface area contributed by atoms with Crippen LogP contribution in [0.25, 0.3) is 0 Å². The summed E-state index contributed by atoms with van der Waals surface area (Å²) < 4.78 is 30.1. The van der Waals surface area contributed by atoms with Crippen LogP contribution >= 0.6 is 0 Å². The van der Waals surface area contributed by atoms with Crippen LogP contribution in [0.1, 0.15) is 24.2 Å². The summed E-state index contributed by atoms with van der Waals surface area (Å²) in [5.41, 5.74) is 1.01. The number of likely N-dealkylation sites (N-methyl/N-ethyl adjacent to an activating group) is 1. The fourth-order valence-electron chi connectivity index (χ4n) is 2.62. The number of rotatable bonds is 7. The van der Waals surface area contributed by atoms with Crippen LogP contribution in [0, 0.1) is 11.6 Å². The van der Waals surface area contributed by atoms with Crippen molar-refractivity contribution in [1.82, 2.24) is 25.3 Å². The minimum atomic E-state index is -0.553. The number of guanidine groups is 1. The number of nitrogens with one attached hydrogen (secondary N) is 2. The molecule has 2 N–H and O–H groups in total. The quantitative estimate of drug-likeness (QED) is 0.583. The van der Waals surface area contributed by atoms with Crippen LogP contribution < -0.4 is 10.6 Å². The highest BCUT2D eigenvalue weighted by Crippen LogP contribution is 2.23. The number of aliphatic imine (C=N–C) groups is 1. The van der Waals surface area contributed by atoms with Crippen molar-refractivity contribution in [2.75, 3.05) is 27.2 Å². The number of hydrogen-bond acceptors (Lipinski definition) is 3. The van der Waals surface area contributed by atoms with Crippen LogP contribution in [0.2, 0.25) is 0 Å². The van der Waals surface area contributed by atoms with Crippen LogP contribution in [0.3, 0.4) is 0 Å². The standard InChI is InChI=1S/C18H26F2N6/c1-5-21-18(22-11-13-9-10-24-26(13)4)23-12-16(25(2)3)17-14(19)7-6-8-15(17)20/h6-10,16H,5,11-12H2,1-4H3,(H2,21,22,23). The van der Waals surface area contributed by atoms with E-state index < -0.39 is 17.7 Å². The monoisotopic (exact) mass is 364 g/mol. The van der Waals surface area contributed by atoms with Crippen molar-refractivity contribution in [3.63, 3.8) is 0 Å². The first-order chi connectivity index (χ1) is 12.4. The Morgan fingerprint density at radius 2 is 1.92 bits per heavy atom. The van der Waals surface area contributed by atoms with Crippen molar-refractivity contribution >= 4 is 5.96 Å². The molecule has 0 aliphatic heterocycles. The number of hydrogen-bond donors (Lipinski definition) is 2. The molecule has 0 spiro atoms. The molecule has 26 heavy (non-hydrogen) atoms. The van der Waals surface area contributed by atoms with Gasteiger partial charge in [-0.2, -0.15) is 5.10 Å². The van der Waals surface area contributed by atoms with E-state index in [1.807, 2.05) is 20.0 Å². The van der Waals surface area contributed by atoms with Gasteiger partial charge in [-0.15, -0.1) is 0 Å². The summed E-state index contributed by atoms with van der Waals surface area (Å²) in [4.78, 5) is 6.29. The van der Waals surface area contributed by atoms with E-state index in [1.54, 1.807) is 29.9 Å². The lowest BCUT2D eigenvalue weighted by Crippen LogP contribution is -2.42. The zero-order valence-corrected chi connectivity index (χ0v) is 15.6. The molecule has 1 unspecified atom stereocenters. The number of benzene rings is 1. The average Bonchev–Trinajstić information content (AvgIpc) is 2.99. The van der Waals surface area contributed by atoms with Gasteiger partial charge in [0, 0.05) is 31.9 Å². The first-order valence-electron chi connectivity index (χ1n) is 8.53. The third-order valence-electron chi connectivity index (χ3n) is 4.08. The Labute approximate surface area is 152 Å². The average molecular weight is 364 g/mol. The fraction of sp³-hybridized carbons (Fsp3) is 0.444. The van der Waals surface area contributed by atoms with E-state index in [-0.39, 0.29) is 5.56 Å². The predicted octanol–water partition coefficient (Wildman–Crippen LogP) is 2.06. The fourth-order valence-corrected chi connectivity index (χ4v) is 2.62. The molecular formula is C18H26F2N6. The van der Waals surface area contributed by atoms with Gasteiger partial charge in [0.2, 0.25) is 0 Å². The van der Waals surface area contributed by atoms with Crippen LogP contribution in [-0.4, -0.2) is 47.8 Å². The van der Waals surface area contributed by atoms with E-state index in [2.05, 4.69) is 20.7 Å². The van der Waals surface area contributed by atoms with E-state index in [1.165, 1.54) is 18.2 Å². The maximum atomic E-state index is 14.2. The van der Waals surface area contributed by atoms with Gasteiger partial charge in [0.15, 0.2) is 5.96 Å². The minimum absolute atomic E-state index is 0.0486. The van der Waals surface area contributed by atoms with Gasteiger partial charge in [-0.3, -0.25) is 4.68 Å². The van der Waals surface area contributed by atoms with Gasteiger partial charge in [0.1, 0.15) is 11.6 Å². The van der Waals surface area contributed by atoms with E-state index in [0.29, 0.717) is 25.6 Å². The second-order valence-electron chi connectivity index (χ2n) is 6.14. The molecule has 1 heterocycles. The molecule has 0 saturated heterocycles. The Bertz CT molecular complexity index is 721. The van der Waals surface area contributed by atoms with Crippen molar-refractivity contribution in [3.05, 3.63) is 53.4 Å². The molecule has 2 rings (SSSR count).